The Kier molecular flexibility index (Phi) is 9.35. The smallest absolute Gasteiger partial charge is 0.317 e. The summed E-state index contributed by atoms with van der Waals surface area (Å²) in [5.74, 6) is 5.20. The maximum Gasteiger partial charge on any atom is 0.317 e. The molecule has 0 spiro atoms. The lowest BCUT2D eigenvalue weighted by molar-refractivity contribution is -0.142. The van der Waals surface area contributed by atoms with Crippen molar-refractivity contribution in [1.82, 2.24) is 0 Å². The van der Waals surface area contributed by atoms with Gasteiger partial charge in [-0.15, -0.1) is 0 Å². The van der Waals surface area contributed by atoms with Crippen LogP contribution < -0.4 is 0 Å². The predicted octanol–water partition coefficient (Wildman–Crippen LogP) is 1.76. The van der Waals surface area contributed by atoms with Crippen LogP contribution in [0.2, 0.25) is 0 Å². The molecule has 0 unspecified atom stereocenters. The number of ether oxygens (including phenoxy) is 2. The van der Waals surface area contributed by atoms with Gasteiger partial charge in [-0.2, -0.15) is 0 Å². The average molecular weight is 198 g/mol. The molecule has 0 aromatic rings. The number of rotatable bonds is 6. The highest BCUT2D eigenvalue weighted by atomic mass is 16.5. The first-order valence-electron chi connectivity index (χ1n) is 5.00. The van der Waals surface area contributed by atoms with Crippen LogP contribution in [0.1, 0.15) is 33.1 Å². The molecule has 0 rings (SSSR count). The maximum atomic E-state index is 10.9. The summed E-state index contributed by atoms with van der Waals surface area (Å²) in [6, 6.07) is 0. The lowest BCUT2D eigenvalue weighted by Gasteiger charge is -1.97. The minimum Gasteiger partial charge on any atom is -0.465 e. The van der Waals surface area contributed by atoms with Gasteiger partial charge in [0.1, 0.15) is 13.0 Å². The van der Waals surface area contributed by atoms with Crippen LogP contribution in [0.25, 0.3) is 0 Å². The molecule has 0 fully saturated rings. The number of carbonyl (C=O) groups excluding carboxylic acids is 1. The largest absolute Gasteiger partial charge is 0.465 e. The lowest BCUT2D eigenvalue weighted by atomic mass is 10.4. The van der Waals surface area contributed by atoms with Crippen molar-refractivity contribution in [2.45, 2.75) is 33.1 Å². The first-order chi connectivity index (χ1) is 6.81. The monoisotopic (exact) mass is 198 g/mol. The van der Waals surface area contributed by atoms with Gasteiger partial charge in [-0.1, -0.05) is 25.7 Å². The third kappa shape index (κ3) is 9.08. The fraction of sp³-hybridized carbons (Fsp3) is 0.727. The molecular formula is C11H18O3. The van der Waals surface area contributed by atoms with E-state index in [-0.39, 0.29) is 12.4 Å². The maximum absolute atomic E-state index is 10.9. The summed E-state index contributed by atoms with van der Waals surface area (Å²) in [5.41, 5.74) is 0. The third-order valence-corrected chi connectivity index (χ3v) is 1.35. The molecule has 0 aliphatic rings. The molecule has 0 aliphatic carbocycles. The van der Waals surface area contributed by atoms with Crippen LogP contribution in [-0.4, -0.2) is 25.8 Å². The molecule has 3 nitrogen and oxygen atoms in total. The van der Waals surface area contributed by atoms with Gasteiger partial charge in [0.05, 0.1) is 6.61 Å². The number of hydrogen-bond acceptors (Lipinski definition) is 3. The summed E-state index contributed by atoms with van der Waals surface area (Å²) in [6.07, 6.45) is 1.99. The van der Waals surface area contributed by atoms with E-state index >= 15 is 0 Å². The van der Waals surface area contributed by atoms with Crippen LogP contribution in [-0.2, 0) is 14.3 Å². The van der Waals surface area contributed by atoms with Crippen molar-refractivity contribution in [2.24, 2.45) is 0 Å². The van der Waals surface area contributed by atoms with Gasteiger partial charge >= 0.3 is 5.97 Å². The molecule has 0 saturated carbocycles. The van der Waals surface area contributed by atoms with E-state index in [1.165, 1.54) is 0 Å². The van der Waals surface area contributed by atoms with Crippen LogP contribution in [0.15, 0.2) is 0 Å². The molecule has 0 heterocycles. The standard InChI is InChI=1S/C11H18O3/c1-3-8-13-10-6-5-7-11(12)14-9-4-2/h3-4,7-10H2,1-2H3. The van der Waals surface area contributed by atoms with Gasteiger partial charge in [0.2, 0.25) is 0 Å². The normalized spacial score (nSPS) is 9.00. The van der Waals surface area contributed by atoms with E-state index in [1.54, 1.807) is 0 Å². The topological polar surface area (TPSA) is 35.5 Å². The van der Waals surface area contributed by atoms with Gasteiger partial charge in [-0.25, -0.2) is 0 Å². The van der Waals surface area contributed by atoms with Crippen LogP contribution in [0.4, 0.5) is 0 Å². The highest BCUT2D eigenvalue weighted by Gasteiger charge is 1.96. The molecule has 0 saturated heterocycles. The molecule has 0 bridgehead atoms. The average Bonchev–Trinajstić information content (AvgIpc) is 2.20. The number of carbonyl (C=O) groups is 1. The Morgan fingerprint density at radius 3 is 2.50 bits per heavy atom. The fourth-order valence-corrected chi connectivity index (χ4v) is 0.720. The van der Waals surface area contributed by atoms with Crippen LogP contribution in [0.5, 0.6) is 0 Å². The zero-order valence-electron chi connectivity index (χ0n) is 8.97. The Morgan fingerprint density at radius 1 is 1.14 bits per heavy atom. The summed E-state index contributed by atoms with van der Waals surface area (Å²) >= 11 is 0. The summed E-state index contributed by atoms with van der Waals surface area (Å²) in [4.78, 5) is 10.9. The Hall–Kier alpha value is -1.01. The number of hydrogen-bond donors (Lipinski definition) is 0. The Balaban J connectivity index is 3.35. The Morgan fingerprint density at radius 2 is 1.86 bits per heavy atom. The van der Waals surface area contributed by atoms with Gasteiger partial charge in [-0.3, -0.25) is 4.79 Å². The second-order valence-corrected chi connectivity index (χ2v) is 2.80. The molecule has 0 aromatic heterocycles. The highest BCUT2D eigenvalue weighted by Crippen LogP contribution is 1.86. The Bertz CT molecular complexity index is 200. The minimum atomic E-state index is -0.255. The molecule has 0 amide bonds. The summed E-state index contributed by atoms with van der Waals surface area (Å²) in [5, 5.41) is 0. The molecule has 0 radical (unpaired) electrons. The summed E-state index contributed by atoms with van der Waals surface area (Å²) in [6.45, 7) is 5.59. The summed E-state index contributed by atoms with van der Waals surface area (Å²) < 4.78 is 9.96. The minimum absolute atomic E-state index is 0.162. The van der Waals surface area contributed by atoms with Crippen molar-refractivity contribution in [3.63, 3.8) is 0 Å². The van der Waals surface area contributed by atoms with Gasteiger partial charge < -0.3 is 9.47 Å². The second kappa shape index (κ2) is 10.1. The SMILES string of the molecule is CCCOCC#CCC(=O)OCCC. The molecular weight excluding hydrogens is 180 g/mol. The molecule has 0 aromatic carbocycles. The van der Waals surface area contributed by atoms with Crippen molar-refractivity contribution < 1.29 is 14.3 Å². The lowest BCUT2D eigenvalue weighted by Crippen LogP contribution is -2.03. The first-order valence-corrected chi connectivity index (χ1v) is 5.00. The molecule has 14 heavy (non-hydrogen) atoms. The van der Waals surface area contributed by atoms with Crippen LogP contribution in [0.3, 0.4) is 0 Å². The van der Waals surface area contributed by atoms with E-state index < -0.39 is 0 Å². The van der Waals surface area contributed by atoms with E-state index in [2.05, 4.69) is 11.8 Å². The van der Waals surface area contributed by atoms with Crippen molar-refractivity contribution in [3.05, 3.63) is 0 Å². The van der Waals surface area contributed by atoms with Gasteiger partial charge in [-0.05, 0) is 12.8 Å². The number of esters is 1. The molecule has 0 aliphatic heterocycles. The molecule has 3 heteroatoms. The first kappa shape index (κ1) is 13.0. The van der Waals surface area contributed by atoms with Crippen LogP contribution in [0, 0.1) is 11.8 Å². The third-order valence-electron chi connectivity index (χ3n) is 1.35. The van der Waals surface area contributed by atoms with Crippen molar-refractivity contribution >= 4 is 5.97 Å². The van der Waals surface area contributed by atoms with Gasteiger partial charge in [0.15, 0.2) is 0 Å². The van der Waals surface area contributed by atoms with Crippen molar-refractivity contribution in [2.75, 3.05) is 19.8 Å². The Labute approximate surface area is 85.8 Å². The molecule has 80 valence electrons. The zero-order chi connectivity index (χ0) is 10.6. The van der Waals surface area contributed by atoms with Crippen LogP contribution >= 0.6 is 0 Å². The second-order valence-electron chi connectivity index (χ2n) is 2.80. The van der Waals surface area contributed by atoms with Gasteiger partial charge in [0, 0.05) is 6.61 Å². The van der Waals surface area contributed by atoms with E-state index in [1.807, 2.05) is 13.8 Å². The fourth-order valence-electron chi connectivity index (χ4n) is 0.720. The predicted molar refractivity (Wildman–Crippen MR) is 54.8 cm³/mol. The summed E-state index contributed by atoms with van der Waals surface area (Å²) in [7, 11) is 0. The molecule has 0 atom stereocenters. The van der Waals surface area contributed by atoms with E-state index in [9.17, 15) is 4.79 Å². The van der Waals surface area contributed by atoms with Crippen molar-refractivity contribution in [1.29, 1.82) is 0 Å². The molecule has 0 N–H and O–H groups in total. The van der Waals surface area contributed by atoms with Gasteiger partial charge in [0.25, 0.3) is 0 Å². The quantitative estimate of drug-likeness (QED) is 0.370. The van der Waals surface area contributed by atoms with E-state index in [0.717, 1.165) is 19.4 Å². The van der Waals surface area contributed by atoms with E-state index in [4.69, 9.17) is 9.47 Å². The zero-order valence-corrected chi connectivity index (χ0v) is 8.97. The van der Waals surface area contributed by atoms with Crippen molar-refractivity contribution in [3.8, 4) is 11.8 Å². The van der Waals surface area contributed by atoms with E-state index in [0.29, 0.717) is 13.2 Å². The highest BCUT2D eigenvalue weighted by molar-refractivity contribution is 5.72.